The summed E-state index contributed by atoms with van der Waals surface area (Å²) < 4.78 is 0. The molecule has 2 rings (SSSR count). The predicted molar refractivity (Wildman–Crippen MR) is 61.4 cm³/mol. The molecule has 0 saturated heterocycles. The van der Waals surface area contributed by atoms with Gasteiger partial charge in [0.15, 0.2) is 0 Å². The van der Waals surface area contributed by atoms with Gasteiger partial charge in [0.2, 0.25) is 0 Å². The first kappa shape index (κ1) is 9.97. The average molecular weight is 201 g/mol. The fourth-order valence-electron chi connectivity index (χ4n) is 1.89. The lowest BCUT2D eigenvalue weighted by atomic mass is 10.1. The van der Waals surface area contributed by atoms with Crippen molar-refractivity contribution in [2.75, 3.05) is 6.54 Å². The zero-order valence-corrected chi connectivity index (χ0v) is 8.99. The minimum Gasteiger partial charge on any atom is -0.308 e. The summed E-state index contributed by atoms with van der Waals surface area (Å²) in [4.78, 5) is 13.8. The molecule has 0 fully saturated rings. The van der Waals surface area contributed by atoms with Crippen molar-refractivity contribution in [2.24, 2.45) is 0 Å². The second-order valence-electron chi connectivity index (χ2n) is 3.80. The Morgan fingerprint density at radius 1 is 1.27 bits per heavy atom. The number of amides is 1. The predicted octanol–water partition coefficient (Wildman–Crippen LogP) is 2.91. The minimum atomic E-state index is 0.101. The first-order valence-corrected chi connectivity index (χ1v) is 5.36. The van der Waals surface area contributed by atoms with Gasteiger partial charge in [-0.2, -0.15) is 0 Å². The highest BCUT2D eigenvalue weighted by Crippen LogP contribution is 2.31. The molecule has 1 amide bonds. The Bertz CT molecular complexity index is 374. The van der Waals surface area contributed by atoms with Gasteiger partial charge in [-0.15, -0.1) is 0 Å². The van der Waals surface area contributed by atoms with Crippen LogP contribution < -0.4 is 0 Å². The van der Waals surface area contributed by atoms with Crippen molar-refractivity contribution in [1.82, 2.24) is 4.90 Å². The maximum atomic E-state index is 12.0. The maximum Gasteiger partial charge on any atom is 0.258 e. The normalized spacial score (nSPS) is 14.6. The van der Waals surface area contributed by atoms with E-state index in [9.17, 15) is 4.79 Å². The lowest BCUT2D eigenvalue weighted by Gasteiger charge is -2.16. The third-order valence-corrected chi connectivity index (χ3v) is 2.77. The molecule has 0 aliphatic carbocycles. The highest BCUT2D eigenvalue weighted by molar-refractivity contribution is 6.08. The van der Waals surface area contributed by atoms with Crippen molar-refractivity contribution in [1.29, 1.82) is 0 Å². The molecule has 0 bridgehead atoms. The van der Waals surface area contributed by atoms with E-state index in [1.807, 2.05) is 24.3 Å². The molecular weight excluding hydrogens is 186 g/mol. The van der Waals surface area contributed by atoms with E-state index >= 15 is 0 Å². The Balaban J connectivity index is 2.29. The molecule has 0 radical (unpaired) electrons. The second kappa shape index (κ2) is 3.89. The molecule has 1 aliphatic heterocycles. The summed E-state index contributed by atoms with van der Waals surface area (Å²) in [7, 11) is 0. The van der Waals surface area contributed by atoms with Crippen molar-refractivity contribution in [3.05, 3.63) is 42.0 Å². The van der Waals surface area contributed by atoms with Gasteiger partial charge < -0.3 is 4.90 Å². The van der Waals surface area contributed by atoms with Gasteiger partial charge in [0.25, 0.3) is 5.91 Å². The molecular formula is C13H15NO. The van der Waals surface area contributed by atoms with Crippen LogP contribution >= 0.6 is 0 Å². The van der Waals surface area contributed by atoms with Gasteiger partial charge >= 0.3 is 0 Å². The van der Waals surface area contributed by atoms with E-state index in [1.54, 1.807) is 4.90 Å². The molecule has 78 valence electrons. The number of nitrogens with zero attached hydrogens (tertiary/aromatic N) is 1. The van der Waals surface area contributed by atoms with Crippen molar-refractivity contribution in [2.45, 2.75) is 19.8 Å². The molecule has 1 heterocycles. The van der Waals surface area contributed by atoms with Crippen LogP contribution in [0.3, 0.4) is 0 Å². The van der Waals surface area contributed by atoms with Crippen LogP contribution in [0, 0.1) is 0 Å². The Kier molecular flexibility index (Phi) is 2.58. The average Bonchev–Trinajstić information content (AvgIpc) is 2.51. The number of unbranched alkanes of at least 4 members (excludes halogenated alkanes) is 1. The van der Waals surface area contributed by atoms with Crippen LogP contribution in [0.2, 0.25) is 0 Å². The van der Waals surface area contributed by atoms with E-state index in [0.717, 1.165) is 36.2 Å². The summed E-state index contributed by atoms with van der Waals surface area (Å²) in [5.41, 5.74) is 2.63. The Morgan fingerprint density at radius 3 is 2.53 bits per heavy atom. The molecule has 0 N–H and O–H groups in total. The molecule has 0 atom stereocenters. The number of fused-ring (bicyclic) bond motifs is 1. The summed E-state index contributed by atoms with van der Waals surface area (Å²) >= 11 is 0. The summed E-state index contributed by atoms with van der Waals surface area (Å²) in [5.74, 6) is 0.101. The molecule has 0 spiro atoms. The summed E-state index contributed by atoms with van der Waals surface area (Å²) in [5, 5.41) is 0. The van der Waals surface area contributed by atoms with Crippen LogP contribution in [-0.2, 0) is 0 Å². The summed E-state index contributed by atoms with van der Waals surface area (Å²) in [6.45, 7) is 6.89. The highest BCUT2D eigenvalue weighted by atomic mass is 16.2. The van der Waals surface area contributed by atoms with E-state index in [2.05, 4.69) is 13.5 Å². The van der Waals surface area contributed by atoms with Crippen LogP contribution in [0.1, 0.15) is 35.7 Å². The van der Waals surface area contributed by atoms with Gasteiger partial charge in [-0.3, -0.25) is 4.79 Å². The van der Waals surface area contributed by atoms with Gasteiger partial charge in [0.1, 0.15) is 0 Å². The van der Waals surface area contributed by atoms with Crippen molar-refractivity contribution in [3.63, 3.8) is 0 Å². The number of benzene rings is 1. The van der Waals surface area contributed by atoms with E-state index in [0.29, 0.717) is 0 Å². The van der Waals surface area contributed by atoms with Crippen LogP contribution in [-0.4, -0.2) is 17.4 Å². The van der Waals surface area contributed by atoms with Crippen LogP contribution in [0.5, 0.6) is 0 Å². The van der Waals surface area contributed by atoms with Crippen LogP contribution in [0.25, 0.3) is 5.70 Å². The van der Waals surface area contributed by atoms with Gasteiger partial charge in [-0.05, 0) is 12.5 Å². The van der Waals surface area contributed by atoms with E-state index in [4.69, 9.17) is 0 Å². The standard InChI is InChI=1S/C13H15NO/c1-3-4-9-14-10(2)11-7-5-6-8-12(11)13(14)15/h5-8H,2-4,9H2,1H3. The zero-order valence-electron chi connectivity index (χ0n) is 8.99. The lowest BCUT2D eigenvalue weighted by molar-refractivity contribution is 0.0849. The molecule has 0 aromatic heterocycles. The van der Waals surface area contributed by atoms with Crippen LogP contribution in [0.15, 0.2) is 30.8 Å². The molecule has 1 aliphatic rings. The Hall–Kier alpha value is -1.57. The number of hydrogen-bond acceptors (Lipinski definition) is 1. The number of carbonyl (C=O) groups is 1. The molecule has 2 heteroatoms. The second-order valence-corrected chi connectivity index (χ2v) is 3.80. The van der Waals surface area contributed by atoms with E-state index in [-0.39, 0.29) is 5.91 Å². The lowest BCUT2D eigenvalue weighted by Crippen LogP contribution is -2.23. The van der Waals surface area contributed by atoms with Crippen LogP contribution in [0.4, 0.5) is 0 Å². The zero-order chi connectivity index (χ0) is 10.8. The molecule has 15 heavy (non-hydrogen) atoms. The Morgan fingerprint density at radius 2 is 1.93 bits per heavy atom. The third-order valence-electron chi connectivity index (χ3n) is 2.77. The number of hydrogen-bond donors (Lipinski definition) is 0. The van der Waals surface area contributed by atoms with Gasteiger partial charge in [0.05, 0.1) is 0 Å². The van der Waals surface area contributed by atoms with Crippen molar-refractivity contribution >= 4 is 11.6 Å². The van der Waals surface area contributed by atoms with Crippen molar-refractivity contribution < 1.29 is 4.79 Å². The van der Waals surface area contributed by atoms with Gasteiger partial charge in [-0.1, -0.05) is 38.1 Å². The maximum absolute atomic E-state index is 12.0. The SMILES string of the molecule is C=C1c2ccccc2C(=O)N1CCCC. The fourth-order valence-corrected chi connectivity index (χ4v) is 1.89. The number of carbonyl (C=O) groups excluding carboxylic acids is 1. The highest BCUT2D eigenvalue weighted by Gasteiger charge is 2.29. The first-order chi connectivity index (χ1) is 7.25. The first-order valence-electron chi connectivity index (χ1n) is 5.36. The monoisotopic (exact) mass is 201 g/mol. The molecule has 1 aromatic rings. The molecule has 0 saturated carbocycles. The molecule has 0 unspecified atom stereocenters. The summed E-state index contributed by atoms with van der Waals surface area (Å²) in [6, 6.07) is 7.67. The van der Waals surface area contributed by atoms with E-state index < -0.39 is 0 Å². The van der Waals surface area contributed by atoms with Crippen molar-refractivity contribution in [3.8, 4) is 0 Å². The smallest absolute Gasteiger partial charge is 0.258 e. The fraction of sp³-hybridized carbons (Fsp3) is 0.308. The Labute approximate surface area is 90.2 Å². The largest absolute Gasteiger partial charge is 0.308 e. The number of rotatable bonds is 3. The van der Waals surface area contributed by atoms with E-state index in [1.165, 1.54) is 0 Å². The summed E-state index contributed by atoms with van der Waals surface area (Å²) in [6.07, 6.45) is 2.12. The van der Waals surface area contributed by atoms with Gasteiger partial charge in [-0.25, -0.2) is 0 Å². The quantitative estimate of drug-likeness (QED) is 0.736. The van der Waals surface area contributed by atoms with Gasteiger partial charge in [0, 0.05) is 23.4 Å². The minimum absolute atomic E-state index is 0.101. The third kappa shape index (κ3) is 1.56. The molecule has 2 nitrogen and oxygen atoms in total. The molecule has 1 aromatic carbocycles. The topological polar surface area (TPSA) is 20.3 Å².